The van der Waals surface area contributed by atoms with E-state index in [0.717, 1.165) is 23.0 Å². The van der Waals surface area contributed by atoms with E-state index in [-0.39, 0.29) is 12.5 Å². The first-order valence-corrected chi connectivity index (χ1v) is 7.39. The van der Waals surface area contributed by atoms with Gasteiger partial charge in [-0.05, 0) is 32.6 Å². The molecule has 1 aromatic heterocycles. The van der Waals surface area contributed by atoms with Crippen molar-refractivity contribution in [3.8, 4) is 0 Å². The van der Waals surface area contributed by atoms with Gasteiger partial charge in [0.2, 0.25) is 0 Å². The van der Waals surface area contributed by atoms with Gasteiger partial charge in [0.25, 0.3) is 5.91 Å². The van der Waals surface area contributed by atoms with Crippen LogP contribution in [0.1, 0.15) is 40.1 Å². The van der Waals surface area contributed by atoms with Crippen molar-refractivity contribution in [3.05, 3.63) is 15.6 Å². The van der Waals surface area contributed by atoms with Crippen LogP contribution >= 0.6 is 11.3 Å². The van der Waals surface area contributed by atoms with E-state index in [1.165, 1.54) is 24.2 Å². The van der Waals surface area contributed by atoms with E-state index in [1.807, 2.05) is 6.92 Å². The van der Waals surface area contributed by atoms with Crippen LogP contribution in [0.25, 0.3) is 0 Å². The molecule has 1 amide bonds. The maximum atomic E-state index is 12.1. The number of amides is 1. The average Bonchev–Trinajstić information content (AvgIpc) is 3.08. The van der Waals surface area contributed by atoms with Crippen molar-refractivity contribution >= 4 is 17.2 Å². The van der Waals surface area contributed by atoms with Crippen LogP contribution in [0.2, 0.25) is 0 Å². The highest BCUT2D eigenvalue weighted by Gasteiger charge is 2.25. The number of hydrogen-bond donors (Lipinski definition) is 3. The molecule has 0 saturated heterocycles. The second kappa shape index (κ2) is 5.98. The Morgan fingerprint density at radius 1 is 1.58 bits per heavy atom. The number of nitrogens with zero attached hydrogens (tertiary/aromatic N) is 1. The molecule has 0 aliphatic heterocycles. The van der Waals surface area contributed by atoms with E-state index in [4.69, 9.17) is 5.11 Å². The number of carbonyl (C=O) groups is 1. The maximum Gasteiger partial charge on any atom is 0.263 e. The SMILES string of the molecule is Cc1nc(CC2CC2)sc1C(=O)N[C@H](CO)[C@@H](C)O. The fraction of sp³-hybridized carbons (Fsp3) is 0.692. The van der Waals surface area contributed by atoms with Gasteiger partial charge >= 0.3 is 0 Å². The minimum atomic E-state index is -0.784. The number of hydrogen-bond acceptors (Lipinski definition) is 5. The lowest BCUT2D eigenvalue weighted by Crippen LogP contribution is -2.44. The molecule has 0 unspecified atom stereocenters. The molecule has 1 saturated carbocycles. The minimum absolute atomic E-state index is 0.267. The highest BCUT2D eigenvalue weighted by atomic mass is 32.1. The van der Waals surface area contributed by atoms with Gasteiger partial charge in [-0.1, -0.05) is 0 Å². The topological polar surface area (TPSA) is 82.5 Å². The highest BCUT2D eigenvalue weighted by Crippen LogP contribution is 2.34. The summed E-state index contributed by atoms with van der Waals surface area (Å²) in [6.07, 6.45) is 2.69. The van der Waals surface area contributed by atoms with Crippen LogP contribution in [0.3, 0.4) is 0 Å². The fourth-order valence-corrected chi connectivity index (χ4v) is 2.95. The monoisotopic (exact) mass is 284 g/mol. The Balaban J connectivity index is 2.03. The number of aliphatic hydroxyl groups is 2. The molecule has 0 aromatic carbocycles. The lowest BCUT2D eigenvalue weighted by Gasteiger charge is -2.18. The quantitative estimate of drug-likeness (QED) is 0.724. The largest absolute Gasteiger partial charge is 0.394 e. The molecule has 1 aromatic rings. The van der Waals surface area contributed by atoms with Gasteiger partial charge in [0.15, 0.2) is 0 Å². The van der Waals surface area contributed by atoms with Crippen molar-refractivity contribution in [2.75, 3.05) is 6.61 Å². The number of carbonyl (C=O) groups excluding carboxylic acids is 1. The summed E-state index contributed by atoms with van der Waals surface area (Å²) in [5.74, 6) is 0.473. The molecule has 1 aliphatic rings. The Hall–Kier alpha value is -0.980. The first kappa shape index (κ1) is 14.4. The van der Waals surface area contributed by atoms with E-state index in [0.29, 0.717) is 4.88 Å². The van der Waals surface area contributed by atoms with Crippen molar-refractivity contribution in [3.63, 3.8) is 0 Å². The molecule has 19 heavy (non-hydrogen) atoms. The molecule has 0 radical (unpaired) electrons. The summed E-state index contributed by atoms with van der Waals surface area (Å²) in [6, 6.07) is -0.638. The summed E-state index contributed by atoms with van der Waals surface area (Å²) in [6.45, 7) is 3.08. The first-order valence-electron chi connectivity index (χ1n) is 6.57. The number of aromatic nitrogens is 1. The first-order chi connectivity index (χ1) is 9.01. The van der Waals surface area contributed by atoms with E-state index in [9.17, 15) is 9.90 Å². The number of aliphatic hydroxyl groups excluding tert-OH is 2. The van der Waals surface area contributed by atoms with Gasteiger partial charge in [-0.25, -0.2) is 4.98 Å². The molecular formula is C13H20N2O3S. The van der Waals surface area contributed by atoms with Gasteiger partial charge in [0.1, 0.15) is 4.88 Å². The summed E-state index contributed by atoms with van der Waals surface area (Å²) >= 11 is 1.41. The van der Waals surface area contributed by atoms with Crippen LogP contribution < -0.4 is 5.32 Å². The Morgan fingerprint density at radius 2 is 2.26 bits per heavy atom. The van der Waals surface area contributed by atoms with Crippen LogP contribution in [0.4, 0.5) is 0 Å². The van der Waals surface area contributed by atoms with Crippen LogP contribution in [0.5, 0.6) is 0 Å². The van der Waals surface area contributed by atoms with Crippen LogP contribution in [0.15, 0.2) is 0 Å². The zero-order chi connectivity index (χ0) is 14.0. The molecule has 2 atom stereocenters. The van der Waals surface area contributed by atoms with Crippen molar-refractivity contribution < 1.29 is 15.0 Å². The Morgan fingerprint density at radius 3 is 2.79 bits per heavy atom. The van der Waals surface area contributed by atoms with Crippen molar-refractivity contribution in [2.45, 2.75) is 45.3 Å². The molecule has 3 N–H and O–H groups in total. The molecule has 5 nitrogen and oxygen atoms in total. The van der Waals surface area contributed by atoms with Crippen LogP contribution in [0, 0.1) is 12.8 Å². The lowest BCUT2D eigenvalue weighted by molar-refractivity contribution is 0.0760. The van der Waals surface area contributed by atoms with E-state index in [1.54, 1.807) is 6.92 Å². The smallest absolute Gasteiger partial charge is 0.263 e. The lowest BCUT2D eigenvalue weighted by atomic mass is 10.2. The van der Waals surface area contributed by atoms with Gasteiger partial charge in [-0.15, -0.1) is 11.3 Å². The standard InChI is InChI=1S/C13H20N2O3S/c1-7-12(13(18)15-10(6-16)8(2)17)19-11(14-7)5-9-3-4-9/h8-10,16-17H,3-6H2,1-2H3,(H,15,18)/t8-,10-/m1/s1. The zero-order valence-electron chi connectivity index (χ0n) is 11.2. The van der Waals surface area contributed by atoms with Crippen molar-refractivity contribution in [2.24, 2.45) is 5.92 Å². The predicted molar refractivity (Wildman–Crippen MR) is 73.3 cm³/mol. The Bertz CT molecular complexity index is 455. The molecule has 1 aliphatic carbocycles. The summed E-state index contributed by atoms with van der Waals surface area (Å²) in [5, 5.41) is 22.2. The molecule has 1 heterocycles. The number of nitrogens with one attached hydrogen (secondary N) is 1. The van der Waals surface area contributed by atoms with E-state index in [2.05, 4.69) is 10.3 Å². The van der Waals surface area contributed by atoms with Crippen molar-refractivity contribution in [1.82, 2.24) is 10.3 Å². The number of aryl methyl sites for hydroxylation is 1. The zero-order valence-corrected chi connectivity index (χ0v) is 12.0. The third-order valence-corrected chi connectivity index (χ3v) is 4.48. The number of thiazole rings is 1. The molecule has 6 heteroatoms. The maximum absolute atomic E-state index is 12.1. The minimum Gasteiger partial charge on any atom is -0.394 e. The van der Waals surface area contributed by atoms with E-state index < -0.39 is 12.1 Å². The predicted octanol–water partition coefficient (Wildman–Crippen LogP) is 0.876. The number of rotatable bonds is 6. The van der Waals surface area contributed by atoms with Crippen LogP contribution in [-0.2, 0) is 6.42 Å². The second-order valence-electron chi connectivity index (χ2n) is 5.17. The summed E-state index contributed by atoms with van der Waals surface area (Å²) in [7, 11) is 0. The second-order valence-corrected chi connectivity index (χ2v) is 6.26. The van der Waals surface area contributed by atoms with E-state index >= 15 is 0 Å². The Labute approximate surface area is 116 Å². The molecule has 106 valence electrons. The molecule has 2 rings (SSSR count). The van der Waals surface area contributed by atoms with Crippen molar-refractivity contribution in [1.29, 1.82) is 0 Å². The van der Waals surface area contributed by atoms with Gasteiger partial charge < -0.3 is 15.5 Å². The van der Waals surface area contributed by atoms with Gasteiger partial charge in [-0.3, -0.25) is 4.79 Å². The summed E-state index contributed by atoms with van der Waals surface area (Å²) < 4.78 is 0. The molecular weight excluding hydrogens is 264 g/mol. The normalized spacial score (nSPS) is 18.1. The van der Waals surface area contributed by atoms with Gasteiger partial charge in [0.05, 0.1) is 29.5 Å². The summed E-state index contributed by atoms with van der Waals surface area (Å²) in [5.41, 5.74) is 0.723. The van der Waals surface area contributed by atoms with Gasteiger partial charge in [0, 0.05) is 6.42 Å². The van der Waals surface area contributed by atoms with Gasteiger partial charge in [-0.2, -0.15) is 0 Å². The summed E-state index contributed by atoms with van der Waals surface area (Å²) in [4.78, 5) is 17.1. The highest BCUT2D eigenvalue weighted by molar-refractivity contribution is 7.13. The fourth-order valence-electron chi connectivity index (χ4n) is 1.87. The molecule has 1 fully saturated rings. The van der Waals surface area contributed by atoms with Crippen LogP contribution in [-0.4, -0.2) is 39.9 Å². The average molecular weight is 284 g/mol. The third kappa shape index (κ3) is 3.75. The third-order valence-electron chi connectivity index (χ3n) is 3.30. The molecule has 0 spiro atoms. The Kier molecular flexibility index (Phi) is 4.54. The molecule has 0 bridgehead atoms.